The second kappa shape index (κ2) is 6.94. The molecular formula is C20H25N3OSi. The van der Waals surface area contributed by atoms with Gasteiger partial charge in [0.15, 0.2) is 5.82 Å². The molecule has 1 aromatic heterocycles. The van der Waals surface area contributed by atoms with Crippen LogP contribution in [-0.4, -0.2) is 23.1 Å². The minimum atomic E-state index is -2.51. The number of aryl methyl sites for hydroxylation is 1. The van der Waals surface area contributed by atoms with Crippen molar-refractivity contribution >= 4 is 18.7 Å². The van der Waals surface area contributed by atoms with Crippen molar-refractivity contribution in [3.8, 4) is 0 Å². The Morgan fingerprint density at radius 1 is 0.920 bits per heavy atom. The fraction of sp³-hybridized carbons (Fsp3) is 0.300. The molecule has 25 heavy (non-hydrogen) atoms. The number of benzene rings is 2. The molecule has 0 amide bonds. The van der Waals surface area contributed by atoms with E-state index in [9.17, 15) is 0 Å². The van der Waals surface area contributed by atoms with Gasteiger partial charge in [-0.2, -0.15) is 5.10 Å². The van der Waals surface area contributed by atoms with E-state index in [0.29, 0.717) is 6.61 Å². The van der Waals surface area contributed by atoms with E-state index in [1.165, 1.54) is 10.4 Å². The second-order valence-electron chi connectivity index (χ2n) is 7.29. The van der Waals surface area contributed by atoms with Crippen molar-refractivity contribution in [1.29, 1.82) is 0 Å². The average molecular weight is 352 g/mol. The molecule has 5 heteroatoms. The van der Waals surface area contributed by atoms with Crippen molar-refractivity contribution in [2.24, 2.45) is 7.05 Å². The Hall–Kier alpha value is -2.24. The van der Waals surface area contributed by atoms with Crippen LogP contribution in [-0.2, 0) is 18.1 Å². The van der Waals surface area contributed by atoms with Gasteiger partial charge in [0.05, 0.1) is 6.61 Å². The van der Waals surface area contributed by atoms with Gasteiger partial charge in [-0.3, -0.25) is 4.68 Å². The molecule has 3 rings (SSSR count). The van der Waals surface area contributed by atoms with Gasteiger partial charge in [-0.05, 0) is 15.4 Å². The van der Waals surface area contributed by atoms with Gasteiger partial charge in [-0.1, -0.05) is 81.4 Å². The van der Waals surface area contributed by atoms with Gasteiger partial charge < -0.3 is 4.43 Å². The highest BCUT2D eigenvalue weighted by atomic mass is 28.4. The van der Waals surface area contributed by atoms with Crippen molar-refractivity contribution in [3.63, 3.8) is 0 Å². The fourth-order valence-electron chi connectivity index (χ4n) is 3.38. The Morgan fingerprint density at radius 3 is 1.84 bits per heavy atom. The summed E-state index contributed by atoms with van der Waals surface area (Å²) in [6.07, 6.45) is 1.71. The molecule has 2 aromatic carbocycles. The predicted molar refractivity (Wildman–Crippen MR) is 103 cm³/mol. The van der Waals surface area contributed by atoms with Crippen molar-refractivity contribution in [3.05, 3.63) is 72.8 Å². The van der Waals surface area contributed by atoms with Crippen LogP contribution >= 0.6 is 0 Å². The monoisotopic (exact) mass is 351 g/mol. The van der Waals surface area contributed by atoms with Crippen molar-refractivity contribution in [2.45, 2.75) is 32.4 Å². The summed E-state index contributed by atoms with van der Waals surface area (Å²) in [6.45, 7) is 7.22. The molecule has 4 nitrogen and oxygen atoms in total. The molecule has 0 aliphatic rings. The van der Waals surface area contributed by atoms with E-state index in [-0.39, 0.29) is 5.04 Å². The smallest absolute Gasteiger partial charge is 0.261 e. The van der Waals surface area contributed by atoms with E-state index in [0.717, 1.165) is 5.82 Å². The summed E-state index contributed by atoms with van der Waals surface area (Å²) in [4.78, 5) is 4.34. The lowest BCUT2D eigenvalue weighted by atomic mass is 10.2. The molecule has 130 valence electrons. The first-order valence-electron chi connectivity index (χ1n) is 8.53. The van der Waals surface area contributed by atoms with Gasteiger partial charge in [0.25, 0.3) is 8.32 Å². The molecule has 0 spiro atoms. The summed E-state index contributed by atoms with van der Waals surface area (Å²) < 4.78 is 8.48. The second-order valence-corrected chi connectivity index (χ2v) is 11.6. The molecule has 1 heterocycles. The largest absolute Gasteiger partial charge is 0.400 e. The molecule has 0 radical (unpaired) electrons. The summed E-state index contributed by atoms with van der Waals surface area (Å²) in [5.74, 6) is 0.718. The van der Waals surface area contributed by atoms with Crippen LogP contribution < -0.4 is 10.4 Å². The Bertz CT molecular complexity index is 770. The van der Waals surface area contributed by atoms with Gasteiger partial charge in [-0.25, -0.2) is 4.98 Å². The lowest BCUT2D eigenvalue weighted by Crippen LogP contribution is -2.66. The van der Waals surface area contributed by atoms with Crippen LogP contribution in [0.5, 0.6) is 0 Å². The molecule has 0 unspecified atom stereocenters. The van der Waals surface area contributed by atoms with Crippen LogP contribution in [0, 0.1) is 0 Å². The molecule has 0 aliphatic carbocycles. The molecule has 0 fully saturated rings. The van der Waals surface area contributed by atoms with Crippen LogP contribution in [0.4, 0.5) is 0 Å². The molecule has 0 saturated carbocycles. The maximum absolute atomic E-state index is 6.77. The van der Waals surface area contributed by atoms with Crippen molar-refractivity contribution < 1.29 is 4.43 Å². The molecule has 0 bridgehead atoms. The highest BCUT2D eigenvalue weighted by Gasteiger charge is 2.50. The van der Waals surface area contributed by atoms with Gasteiger partial charge in [0.1, 0.15) is 6.33 Å². The number of nitrogens with zero attached hydrogens (tertiary/aromatic N) is 3. The van der Waals surface area contributed by atoms with Crippen LogP contribution in [0.25, 0.3) is 0 Å². The maximum atomic E-state index is 6.77. The van der Waals surface area contributed by atoms with E-state index in [1.54, 1.807) is 11.0 Å². The fourth-order valence-corrected chi connectivity index (χ4v) is 7.89. The zero-order valence-electron chi connectivity index (χ0n) is 15.3. The SMILES string of the molecule is Cn1cnc(CO[Si](c2ccccc2)(c2ccccc2)C(C)(C)C)n1. The number of rotatable bonds is 5. The minimum absolute atomic E-state index is 0.0372. The van der Waals surface area contributed by atoms with E-state index < -0.39 is 8.32 Å². The Balaban J connectivity index is 2.11. The highest BCUT2D eigenvalue weighted by molar-refractivity contribution is 6.99. The topological polar surface area (TPSA) is 39.9 Å². The molecule has 0 N–H and O–H groups in total. The molecule has 0 saturated heterocycles. The Kier molecular flexibility index (Phi) is 4.88. The predicted octanol–water partition coefficient (Wildman–Crippen LogP) is 2.89. The van der Waals surface area contributed by atoms with Crippen LogP contribution in [0.3, 0.4) is 0 Å². The lowest BCUT2D eigenvalue weighted by Gasteiger charge is -2.42. The third kappa shape index (κ3) is 3.43. The Morgan fingerprint density at radius 2 is 1.44 bits per heavy atom. The molecule has 0 aliphatic heterocycles. The standard InChI is InChI=1S/C20H25N3OSi/c1-20(2,3)25(17-11-7-5-8-12-17,18-13-9-6-10-14-18)24-15-19-21-16-23(4)22-19/h5-14,16H,15H2,1-4H3. The summed E-state index contributed by atoms with van der Waals surface area (Å²) in [6, 6.07) is 21.2. The van der Waals surface area contributed by atoms with E-state index >= 15 is 0 Å². The van der Waals surface area contributed by atoms with Crippen molar-refractivity contribution in [2.75, 3.05) is 0 Å². The van der Waals surface area contributed by atoms with Gasteiger partial charge in [0, 0.05) is 7.05 Å². The molecular weight excluding hydrogens is 326 g/mol. The lowest BCUT2D eigenvalue weighted by molar-refractivity contribution is 0.276. The zero-order chi connectivity index (χ0) is 17.9. The third-order valence-corrected chi connectivity index (χ3v) is 9.46. The van der Waals surface area contributed by atoms with Crippen LogP contribution in [0.15, 0.2) is 67.0 Å². The van der Waals surface area contributed by atoms with E-state index in [1.807, 2.05) is 7.05 Å². The van der Waals surface area contributed by atoms with E-state index in [2.05, 4.69) is 91.5 Å². The van der Waals surface area contributed by atoms with Gasteiger partial charge in [0.2, 0.25) is 0 Å². The average Bonchev–Trinajstić information content (AvgIpc) is 3.02. The molecule has 0 atom stereocenters. The maximum Gasteiger partial charge on any atom is 0.261 e. The summed E-state index contributed by atoms with van der Waals surface area (Å²) >= 11 is 0. The zero-order valence-corrected chi connectivity index (χ0v) is 16.3. The highest BCUT2D eigenvalue weighted by Crippen LogP contribution is 2.37. The number of hydrogen-bond acceptors (Lipinski definition) is 3. The number of aromatic nitrogens is 3. The first-order chi connectivity index (χ1) is 11.9. The minimum Gasteiger partial charge on any atom is -0.400 e. The normalized spacial score (nSPS) is 12.3. The summed E-state index contributed by atoms with van der Waals surface area (Å²) in [5, 5.41) is 6.89. The van der Waals surface area contributed by atoms with Crippen molar-refractivity contribution in [1.82, 2.24) is 14.8 Å². The summed E-state index contributed by atoms with van der Waals surface area (Å²) in [5.41, 5.74) is 0. The molecule has 3 aromatic rings. The first-order valence-corrected chi connectivity index (χ1v) is 10.4. The van der Waals surface area contributed by atoms with E-state index in [4.69, 9.17) is 4.43 Å². The van der Waals surface area contributed by atoms with Crippen LogP contribution in [0.2, 0.25) is 5.04 Å². The number of hydrogen-bond donors (Lipinski definition) is 0. The van der Waals surface area contributed by atoms with Gasteiger partial charge in [-0.15, -0.1) is 0 Å². The van der Waals surface area contributed by atoms with Crippen LogP contribution in [0.1, 0.15) is 26.6 Å². The van der Waals surface area contributed by atoms with Gasteiger partial charge >= 0.3 is 0 Å². The third-order valence-electron chi connectivity index (χ3n) is 4.48. The first kappa shape index (κ1) is 17.6. The quantitative estimate of drug-likeness (QED) is 0.664. The summed E-state index contributed by atoms with van der Waals surface area (Å²) in [7, 11) is -0.638. The Labute approximate surface area is 150 Å².